The minimum absolute atomic E-state index is 0.480. The molecule has 1 aliphatic heterocycles. The van der Waals surface area contributed by atoms with Crippen LogP contribution >= 0.6 is 28.1 Å². The first-order valence-corrected chi connectivity index (χ1v) is 8.03. The molecule has 4 heteroatoms. The molecule has 2 rings (SSSR count). The quantitative estimate of drug-likeness (QED) is 0.844. The smallest absolute Gasteiger partial charge is 0.106 e. The summed E-state index contributed by atoms with van der Waals surface area (Å²) in [6.07, 6.45) is 2.50. The molecule has 0 unspecified atom stereocenters. The van der Waals surface area contributed by atoms with Crippen LogP contribution < -0.4 is 10.6 Å². The van der Waals surface area contributed by atoms with Crippen LogP contribution in [0.5, 0.6) is 0 Å². The lowest BCUT2D eigenvalue weighted by molar-refractivity contribution is 0.311. The number of hydrogen-bond donors (Lipinski definition) is 1. The van der Waals surface area contributed by atoms with E-state index in [2.05, 4.69) is 40.7 Å². The lowest BCUT2D eigenvalue weighted by atomic mass is 9.86. The Bertz CT molecular complexity index is 465. The molecule has 0 saturated carbocycles. The number of rotatable bonds is 3. The predicted molar refractivity (Wildman–Crippen MR) is 89.8 cm³/mol. The summed E-state index contributed by atoms with van der Waals surface area (Å²) in [5, 5.41) is 0. The number of nitrogens with two attached hydrogens (primary N) is 1. The first kappa shape index (κ1) is 14.8. The van der Waals surface area contributed by atoms with E-state index >= 15 is 0 Å². The first-order chi connectivity index (χ1) is 8.99. The van der Waals surface area contributed by atoms with Crippen molar-refractivity contribution >= 4 is 38.8 Å². The summed E-state index contributed by atoms with van der Waals surface area (Å²) in [5.74, 6) is 1.62. The molecule has 1 aliphatic rings. The van der Waals surface area contributed by atoms with Crippen molar-refractivity contribution in [1.29, 1.82) is 0 Å². The number of thiocarbonyl (C=S) groups is 1. The minimum Gasteiger partial charge on any atom is -0.389 e. The van der Waals surface area contributed by atoms with Gasteiger partial charge in [-0.1, -0.05) is 42.0 Å². The third kappa shape index (κ3) is 3.48. The Kier molecular flexibility index (Phi) is 4.85. The Morgan fingerprint density at radius 3 is 2.53 bits per heavy atom. The highest BCUT2D eigenvalue weighted by atomic mass is 79.9. The lowest BCUT2D eigenvalue weighted by Gasteiger charge is -2.36. The van der Waals surface area contributed by atoms with Crippen molar-refractivity contribution in [3.05, 3.63) is 28.2 Å². The van der Waals surface area contributed by atoms with Crippen LogP contribution in [0.4, 0.5) is 5.69 Å². The van der Waals surface area contributed by atoms with Gasteiger partial charge in [-0.25, -0.2) is 0 Å². The second-order valence-electron chi connectivity index (χ2n) is 5.59. The highest BCUT2D eigenvalue weighted by molar-refractivity contribution is 9.10. The van der Waals surface area contributed by atoms with Crippen molar-refractivity contribution in [2.45, 2.75) is 26.7 Å². The fourth-order valence-corrected chi connectivity index (χ4v) is 3.30. The Labute approximate surface area is 129 Å². The Morgan fingerprint density at radius 1 is 1.37 bits per heavy atom. The van der Waals surface area contributed by atoms with Crippen LogP contribution in [0.15, 0.2) is 22.7 Å². The van der Waals surface area contributed by atoms with E-state index < -0.39 is 0 Å². The van der Waals surface area contributed by atoms with E-state index in [1.807, 2.05) is 12.1 Å². The molecule has 0 atom stereocenters. The van der Waals surface area contributed by atoms with Gasteiger partial charge in [0.05, 0.1) is 0 Å². The minimum atomic E-state index is 0.480. The number of piperidine rings is 1. The van der Waals surface area contributed by atoms with Crippen LogP contribution in [0.1, 0.15) is 32.3 Å². The molecule has 0 bridgehead atoms. The number of halogens is 1. The van der Waals surface area contributed by atoms with E-state index in [1.54, 1.807) is 0 Å². The third-order valence-corrected chi connectivity index (χ3v) is 4.76. The molecule has 2 nitrogen and oxygen atoms in total. The SMILES string of the molecule is CC(C)C1CCN(c2cc(Br)ccc2C(N)=S)CC1. The van der Waals surface area contributed by atoms with E-state index in [0.717, 1.165) is 35.0 Å². The van der Waals surface area contributed by atoms with Gasteiger partial charge in [0.15, 0.2) is 0 Å². The molecule has 0 radical (unpaired) electrons. The third-order valence-electron chi connectivity index (χ3n) is 4.05. The normalized spacial score (nSPS) is 16.9. The molecule has 1 heterocycles. The van der Waals surface area contributed by atoms with Crippen LogP contribution in [0.3, 0.4) is 0 Å². The Morgan fingerprint density at radius 2 is 2.00 bits per heavy atom. The highest BCUT2D eigenvalue weighted by Crippen LogP contribution is 2.31. The maximum absolute atomic E-state index is 5.84. The second kappa shape index (κ2) is 6.23. The second-order valence-corrected chi connectivity index (χ2v) is 6.95. The molecular formula is C15H21BrN2S. The molecule has 0 aliphatic carbocycles. The standard InChI is InChI=1S/C15H21BrN2S/c1-10(2)11-5-7-18(8-6-11)14-9-12(16)3-4-13(14)15(17)19/h3-4,9-11H,5-8H2,1-2H3,(H2,17,19). The van der Waals surface area contributed by atoms with Gasteiger partial charge in [0.25, 0.3) is 0 Å². The molecule has 0 aromatic heterocycles. The van der Waals surface area contributed by atoms with Gasteiger partial charge in [-0.2, -0.15) is 0 Å². The lowest BCUT2D eigenvalue weighted by Crippen LogP contribution is -2.36. The zero-order chi connectivity index (χ0) is 14.0. The average molecular weight is 341 g/mol. The topological polar surface area (TPSA) is 29.3 Å². The van der Waals surface area contributed by atoms with Crippen LogP contribution in [-0.4, -0.2) is 18.1 Å². The van der Waals surface area contributed by atoms with Crippen molar-refractivity contribution < 1.29 is 0 Å². The Balaban J connectivity index is 2.19. The summed E-state index contributed by atoms with van der Waals surface area (Å²) in [7, 11) is 0. The van der Waals surface area contributed by atoms with E-state index in [4.69, 9.17) is 18.0 Å². The molecule has 1 aromatic rings. The van der Waals surface area contributed by atoms with Gasteiger partial charge >= 0.3 is 0 Å². The van der Waals surface area contributed by atoms with Gasteiger partial charge in [0.2, 0.25) is 0 Å². The average Bonchev–Trinajstić information content (AvgIpc) is 2.38. The maximum atomic E-state index is 5.84. The molecular weight excluding hydrogens is 320 g/mol. The zero-order valence-electron chi connectivity index (χ0n) is 11.5. The summed E-state index contributed by atoms with van der Waals surface area (Å²) >= 11 is 8.70. The molecule has 1 aromatic carbocycles. The number of hydrogen-bond acceptors (Lipinski definition) is 2. The van der Waals surface area contributed by atoms with Gasteiger partial charge in [-0.3, -0.25) is 0 Å². The van der Waals surface area contributed by atoms with Crippen LogP contribution in [0.2, 0.25) is 0 Å². The fraction of sp³-hybridized carbons (Fsp3) is 0.533. The van der Waals surface area contributed by atoms with Crippen molar-refractivity contribution in [1.82, 2.24) is 0 Å². The fourth-order valence-electron chi connectivity index (χ4n) is 2.78. The summed E-state index contributed by atoms with van der Waals surface area (Å²) in [6, 6.07) is 6.14. The van der Waals surface area contributed by atoms with E-state index in [-0.39, 0.29) is 0 Å². The Hall–Kier alpha value is -0.610. The number of nitrogens with zero attached hydrogens (tertiary/aromatic N) is 1. The molecule has 104 valence electrons. The van der Waals surface area contributed by atoms with Gasteiger partial charge in [0, 0.05) is 28.8 Å². The number of benzene rings is 1. The zero-order valence-corrected chi connectivity index (χ0v) is 13.9. The summed E-state index contributed by atoms with van der Waals surface area (Å²) in [6.45, 7) is 6.82. The summed E-state index contributed by atoms with van der Waals surface area (Å²) in [5.41, 5.74) is 7.99. The van der Waals surface area contributed by atoms with Crippen LogP contribution in [0.25, 0.3) is 0 Å². The van der Waals surface area contributed by atoms with Gasteiger partial charge in [-0.05, 0) is 42.9 Å². The molecule has 1 fully saturated rings. The van der Waals surface area contributed by atoms with Gasteiger partial charge < -0.3 is 10.6 Å². The highest BCUT2D eigenvalue weighted by Gasteiger charge is 2.23. The van der Waals surface area contributed by atoms with Gasteiger partial charge in [0.1, 0.15) is 4.99 Å². The van der Waals surface area contributed by atoms with Crippen molar-refractivity contribution in [3.8, 4) is 0 Å². The van der Waals surface area contributed by atoms with Crippen LogP contribution in [-0.2, 0) is 0 Å². The van der Waals surface area contributed by atoms with E-state index in [1.165, 1.54) is 18.5 Å². The predicted octanol–water partition coefficient (Wildman–Crippen LogP) is 3.96. The molecule has 19 heavy (non-hydrogen) atoms. The van der Waals surface area contributed by atoms with Crippen molar-refractivity contribution in [2.75, 3.05) is 18.0 Å². The molecule has 1 saturated heterocycles. The van der Waals surface area contributed by atoms with Crippen LogP contribution in [0, 0.1) is 11.8 Å². The summed E-state index contributed by atoms with van der Waals surface area (Å²) < 4.78 is 1.08. The monoisotopic (exact) mass is 340 g/mol. The van der Waals surface area contributed by atoms with Gasteiger partial charge in [-0.15, -0.1) is 0 Å². The summed E-state index contributed by atoms with van der Waals surface area (Å²) in [4.78, 5) is 2.89. The molecule has 0 spiro atoms. The first-order valence-electron chi connectivity index (χ1n) is 6.83. The number of anilines is 1. The molecule has 0 amide bonds. The molecule has 2 N–H and O–H groups in total. The van der Waals surface area contributed by atoms with E-state index in [9.17, 15) is 0 Å². The maximum Gasteiger partial charge on any atom is 0.106 e. The largest absolute Gasteiger partial charge is 0.389 e. The van der Waals surface area contributed by atoms with Crippen molar-refractivity contribution in [2.24, 2.45) is 17.6 Å². The van der Waals surface area contributed by atoms with Crippen molar-refractivity contribution in [3.63, 3.8) is 0 Å². The van der Waals surface area contributed by atoms with E-state index in [0.29, 0.717) is 4.99 Å².